The average Bonchev–Trinajstić information content (AvgIpc) is 3.17. The molecular formula is C21H25N5O2S. The van der Waals surface area contributed by atoms with Crippen molar-refractivity contribution in [2.75, 3.05) is 38.0 Å². The summed E-state index contributed by atoms with van der Waals surface area (Å²) in [5.41, 5.74) is 1.12. The van der Waals surface area contributed by atoms with E-state index in [1.54, 1.807) is 29.7 Å². The van der Waals surface area contributed by atoms with E-state index in [4.69, 9.17) is 0 Å². The first-order valence-electron chi connectivity index (χ1n) is 9.90. The maximum atomic E-state index is 11.5. The molecule has 0 unspecified atom stereocenters. The van der Waals surface area contributed by atoms with Gasteiger partial charge in [0.1, 0.15) is 0 Å². The van der Waals surface area contributed by atoms with Crippen LogP contribution in [-0.2, 0) is 0 Å². The Hall–Kier alpha value is -2.55. The molecule has 3 aromatic rings. The maximum absolute atomic E-state index is 11.5. The fourth-order valence-corrected chi connectivity index (χ4v) is 4.71. The highest BCUT2D eigenvalue weighted by atomic mass is 32.1. The highest BCUT2D eigenvalue weighted by molar-refractivity contribution is 7.22. The van der Waals surface area contributed by atoms with Gasteiger partial charge in [0, 0.05) is 55.0 Å². The van der Waals surface area contributed by atoms with Crippen LogP contribution in [0.5, 0.6) is 0 Å². The van der Waals surface area contributed by atoms with Crippen LogP contribution in [0.1, 0.15) is 23.7 Å². The highest BCUT2D eigenvalue weighted by Crippen LogP contribution is 2.34. The number of carboxylic acid groups (broad SMARTS) is 1. The molecule has 1 aliphatic heterocycles. The lowest BCUT2D eigenvalue weighted by atomic mass is 10.1. The lowest BCUT2D eigenvalue weighted by Crippen LogP contribution is -2.50. The normalized spacial score (nSPS) is 17.5. The fraction of sp³-hybridized carbons (Fsp3) is 0.381. The minimum atomic E-state index is -0.913. The Morgan fingerprint density at radius 2 is 2.31 bits per heavy atom. The number of thiophene rings is 1. The summed E-state index contributed by atoms with van der Waals surface area (Å²) >= 11 is 1.54. The molecule has 1 fully saturated rings. The first kappa shape index (κ1) is 19.8. The lowest BCUT2D eigenvalue weighted by Gasteiger charge is -2.33. The number of aromatic carboxylic acids is 1. The number of rotatable bonds is 7. The number of fused-ring (bicyclic) bond motifs is 1. The summed E-state index contributed by atoms with van der Waals surface area (Å²) in [6.45, 7) is 7.34. The van der Waals surface area contributed by atoms with Gasteiger partial charge >= 0.3 is 5.97 Å². The van der Waals surface area contributed by atoms with Gasteiger partial charge in [-0.15, -0.1) is 11.3 Å². The van der Waals surface area contributed by atoms with Gasteiger partial charge in [0.25, 0.3) is 0 Å². The van der Waals surface area contributed by atoms with Crippen molar-refractivity contribution in [2.45, 2.75) is 19.4 Å². The molecule has 1 saturated heterocycles. The van der Waals surface area contributed by atoms with Crippen LogP contribution in [0.3, 0.4) is 0 Å². The molecule has 1 aromatic carbocycles. The average molecular weight is 412 g/mol. The number of nitrogens with one attached hydrogen (secondary N) is 2. The van der Waals surface area contributed by atoms with Crippen LogP contribution in [-0.4, -0.2) is 64.7 Å². The van der Waals surface area contributed by atoms with E-state index in [0.29, 0.717) is 17.6 Å². The van der Waals surface area contributed by atoms with Crippen LogP contribution in [0.25, 0.3) is 20.7 Å². The van der Waals surface area contributed by atoms with E-state index in [-0.39, 0.29) is 0 Å². The third-order valence-electron chi connectivity index (χ3n) is 5.24. The topological polar surface area (TPSA) is 90.4 Å². The molecule has 0 bridgehead atoms. The summed E-state index contributed by atoms with van der Waals surface area (Å²) < 4.78 is 0.943. The van der Waals surface area contributed by atoms with Gasteiger partial charge in [0.2, 0.25) is 5.95 Å². The summed E-state index contributed by atoms with van der Waals surface area (Å²) in [5.74, 6) is -0.310. The summed E-state index contributed by atoms with van der Waals surface area (Å²) in [6.07, 6.45) is 2.77. The minimum Gasteiger partial charge on any atom is -0.478 e. The molecule has 0 saturated carbocycles. The molecule has 0 amide bonds. The van der Waals surface area contributed by atoms with E-state index in [1.165, 1.54) is 0 Å². The zero-order chi connectivity index (χ0) is 20.2. The Balaban J connectivity index is 1.42. The molecule has 1 atom stereocenters. The van der Waals surface area contributed by atoms with Crippen molar-refractivity contribution in [3.05, 3.63) is 42.1 Å². The van der Waals surface area contributed by atoms with E-state index < -0.39 is 5.97 Å². The smallest absolute Gasteiger partial charge is 0.336 e. The summed E-state index contributed by atoms with van der Waals surface area (Å²) in [5, 5.41) is 16.9. The van der Waals surface area contributed by atoms with Crippen LogP contribution in [0.2, 0.25) is 0 Å². The second kappa shape index (κ2) is 8.86. The van der Waals surface area contributed by atoms with Gasteiger partial charge in [-0.1, -0.05) is 6.07 Å². The summed E-state index contributed by atoms with van der Waals surface area (Å²) in [7, 11) is 0. The van der Waals surface area contributed by atoms with Gasteiger partial charge < -0.3 is 15.7 Å². The van der Waals surface area contributed by atoms with Gasteiger partial charge in [-0.25, -0.2) is 14.8 Å². The summed E-state index contributed by atoms with van der Waals surface area (Å²) in [4.78, 5) is 23.9. The van der Waals surface area contributed by atoms with E-state index in [2.05, 4.69) is 32.4 Å². The molecule has 3 heterocycles. The van der Waals surface area contributed by atoms with Crippen LogP contribution in [0.15, 0.2) is 36.5 Å². The number of carbonyl (C=O) groups is 1. The van der Waals surface area contributed by atoms with Gasteiger partial charge in [-0.05, 0) is 37.6 Å². The van der Waals surface area contributed by atoms with Gasteiger partial charge in [0.15, 0.2) is 0 Å². The lowest BCUT2D eigenvalue weighted by molar-refractivity contribution is 0.0699. The Bertz CT molecular complexity index is 1010. The number of anilines is 1. The van der Waals surface area contributed by atoms with Crippen molar-refractivity contribution in [3.8, 4) is 10.6 Å². The number of hydrogen-bond acceptors (Lipinski definition) is 7. The third kappa shape index (κ3) is 4.55. The van der Waals surface area contributed by atoms with Crippen molar-refractivity contribution >= 4 is 33.3 Å². The predicted molar refractivity (Wildman–Crippen MR) is 117 cm³/mol. The van der Waals surface area contributed by atoms with Crippen LogP contribution < -0.4 is 10.6 Å². The highest BCUT2D eigenvalue weighted by Gasteiger charge is 2.17. The van der Waals surface area contributed by atoms with Gasteiger partial charge in [0.05, 0.1) is 16.1 Å². The molecule has 0 spiro atoms. The zero-order valence-corrected chi connectivity index (χ0v) is 17.2. The van der Waals surface area contributed by atoms with Crippen molar-refractivity contribution in [2.24, 2.45) is 0 Å². The molecule has 152 valence electrons. The number of benzene rings is 1. The zero-order valence-electron chi connectivity index (χ0n) is 16.4. The second-order valence-corrected chi connectivity index (χ2v) is 8.35. The van der Waals surface area contributed by atoms with Crippen molar-refractivity contribution < 1.29 is 9.90 Å². The SMILES string of the molecule is C[C@@H]1CNCCN1CCCNc1nccc(-c2cc3c(C(=O)O)cccc3s2)n1. The molecule has 29 heavy (non-hydrogen) atoms. The quantitative estimate of drug-likeness (QED) is 0.515. The molecule has 0 radical (unpaired) electrons. The number of aromatic nitrogens is 2. The predicted octanol–water partition coefficient (Wildman–Crippen LogP) is 3.15. The van der Waals surface area contributed by atoms with Crippen LogP contribution in [0.4, 0.5) is 5.95 Å². The Morgan fingerprint density at radius 1 is 1.41 bits per heavy atom. The summed E-state index contributed by atoms with van der Waals surface area (Å²) in [6, 6.07) is 9.69. The molecule has 3 N–H and O–H groups in total. The Kier molecular flexibility index (Phi) is 6.03. The number of hydrogen-bond donors (Lipinski definition) is 3. The van der Waals surface area contributed by atoms with E-state index in [9.17, 15) is 9.90 Å². The van der Waals surface area contributed by atoms with Crippen LogP contribution in [0, 0.1) is 0 Å². The molecule has 2 aromatic heterocycles. The fourth-order valence-electron chi connectivity index (χ4n) is 3.65. The van der Waals surface area contributed by atoms with Gasteiger partial charge in [-0.2, -0.15) is 0 Å². The van der Waals surface area contributed by atoms with Crippen molar-refractivity contribution in [1.29, 1.82) is 0 Å². The first-order valence-corrected chi connectivity index (χ1v) is 10.7. The number of piperazine rings is 1. The van der Waals surface area contributed by atoms with E-state index in [0.717, 1.165) is 59.8 Å². The monoisotopic (exact) mass is 411 g/mol. The standard InChI is InChI=1S/C21H25N5O2S/c1-14-13-22-9-11-26(14)10-3-7-23-21-24-8-6-17(25-21)19-12-16-15(20(27)28)4-2-5-18(16)29-19/h2,4-6,8,12,14,22H,3,7,9-11,13H2,1H3,(H,27,28)(H,23,24,25)/t14-/m1/s1. The molecule has 7 nitrogen and oxygen atoms in total. The van der Waals surface area contributed by atoms with Gasteiger partial charge in [-0.3, -0.25) is 4.90 Å². The number of nitrogens with zero attached hydrogens (tertiary/aromatic N) is 3. The van der Waals surface area contributed by atoms with Crippen molar-refractivity contribution in [3.63, 3.8) is 0 Å². The minimum absolute atomic E-state index is 0.319. The molecular weight excluding hydrogens is 386 g/mol. The third-order valence-corrected chi connectivity index (χ3v) is 6.37. The number of carboxylic acids is 1. The molecule has 4 rings (SSSR count). The van der Waals surface area contributed by atoms with E-state index >= 15 is 0 Å². The largest absolute Gasteiger partial charge is 0.478 e. The molecule has 0 aliphatic carbocycles. The Labute approximate surface area is 173 Å². The Morgan fingerprint density at radius 3 is 3.14 bits per heavy atom. The maximum Gasteiger partial charge on any atom is 0.336 e. The van der Waals surface area contributed by atoms with Crippen LogP contribution >= 0.6 is 11.3 Å². The molecule has 8 heteroatoms. The molecule has 1 aliphatic rings. The van der Waals surface area contributed by atoms with Crippen molar-refractivity contribution in [1.82, 2.24) is 20.2 Å². The first-order chi connectivity index (χ1) is 14.1. The van der Waals surface area contributed by atoms with E-state index in [1.807, 2.05) is 18.2 Å². The second-order valence-electron chi connectivity index (χ2n) is 7.27.